The number of hydrogen-bond acceptors (Lipinski definition) is 4. The number of fused-ring (bicyclic) bond motifs is 1. The summed E-state index contributed by atoms with van der Waals surface area (Å²) in [5, 5.41) is 9.14. The second kappa shape index (κ2) is 7.10. The zero-order chi connectivity index (χ0) is 14.4. The monoisotopic (exact) mass is 275 g/mol. The van der Waals surface area contributed by atoms with Gasteiger partial charge >= 0.3 is 0 Å². The summed E-state index contributed by atoms with van der Waals surface area (Å²) >= 11 is 0. The smallest absolute Gasteiger partial charge is 0.231 e. The zero-order valence-corrected chi connectivity index (χ0v) is 12.0. The molecular formula is C16H21NO3. The van der Waals surface area contributed by atoms with Crippen molar-refractivity contribution in [2.75, 3.05) is 13.4 Å². The normalized spacial score (nSPS) is 15.8. The first-order valence-electron chi connectivity index (χ1n) is 7.01. The molecule has 0 aliphatic carbocycles. The van der Waals surface area contributed by atoms with Crippen LogP contribution in [0.25, 0.3) is 6.08 Å². The van der Waals surface area contributed by atoms with Crippen molar-refractivity contribution in [3.63, 3.8) is 0 Å². The van der Waals surface area contributed by atoms with Crippen LogP contribution in [0.4, 0.5) is 0 Å². The van der Waals surface area contributed by atoms with Crippen molar-refractivity contribution < 1.29 is 14.6 Å². The first-order chi connectivity index (χ1) is 9.76. The minimum Gasteiger partial charge on any atom is -0.454 e. The van der Waals surface area contributed by atoms with E-state index in [9.17, 15) is 0 Å². The van der Waals surface area contributed by atoms with E-state index in [-0.39, 0.29) is 12.6 Å². The first-order valence-corrected chi connectivity index (χ1v) is 7.01. The van der Waals surface area contributed by atoms with Crippen LogP contribution in [0.1, 0.15) is 32.3 Å². The van der Waals surface area contributed by atoms with Crippen LogP contribution in [-0.4, -0.2) is 30.8 Å². The van der Waals surface area contributed by atoms with Crippen molar-refractivity contribution >= 4 is 12.3 Å². The van der Waals surface area contributed by atoms with Gasteiger partial charge < -0.3 is 14.6 Å². The third-order valence-electron chi connectivity index (χ3n) is 3.29. The lowest BCUT2D eigenvalue weighted by molar-refractivity contribution is 0.174. The third-order valence-corrected chi connectivity index (χ3v) is 3.29. The molecule has 1 aromatic carbocycles. The van der Waals surface area contributed by atoms with Crippen molar-refractivity contribution in [1.29, 1.82) is 0 Å². The summed E-state index contributed by atoms with van der Waals surface area (Å²) in [6.07, 6.45) is 5.67. The minimum atomic E-state index is -0.0123. The van der Waals surface area contributed by atoms with Gasteiger partial charge in [0.05, 0.1) is 12.6 Å². The molecule has 1 N–H and O–H groups in total. The van der Waals surface area contributed by atoms with E-state index in [1.807, 2.05) is 31.3 Å². The molecular weight excluding hydrogens is 254 g/mol. The number of aliphatic imine (C=N–C) groups is 1. The molecule has 1 aliphatic heterocycles. The van der Waals surface area contributed by atoms with E-state index in [2.05, 4.69) is 18.0 Å². The van der Waals surface area contributed by atoms with Gasteiger partial charge in [0.15, 0.2) is 11.5 Å². The van der Waals surface area contributed by atoms with Crippen LogP contribution in [0.15, 0.2) is 28.8 Å². The maximum atomic E-state index is 9.14. The Kier molecular flexibility index (Phi) is 5.18. The second-order valence-electron chi connectivity index (χ2n) is 4.71. The largest absolute Gasteiger partial charge is 0.454 e. The van der Waals surface area contributed by atoms with Crippen LogP contribution in [0.3, 0.4) is 0 Å². The van der Waals surface area contributed by atoms with Crippen molar-refractivity contribution in [2.45, 2.75) is 32.7 Å². The molecule has 2 rings (SSSR count). The molecule has 1 aromatic rings. The summed E-state index contributed by atoms with van der Waals surface area (Å²) in [4.78, 5) is 4.40. The summed E-state index contributed by atoms with van der Waals surface area (Å²) in [5.41, 5.74) is 2.19. The summed E-state index contributed by atoms with van der Waals surface area (Å²) in [6, 6.07) is 5.87. The van der Waals surface area contributed by atoms with Crippen LogP contribution in [0.2, 0.25) is 0 Å². The molecule has 1 aliphatic rings. The van der Waals surface area contributed by atoms with E-state index in [4.69, 9.17) is 14.6 Å². The van der Waals surface area contributed by atoms with Gasteiger partial charge in [0.2, 0.25) is 6.79 Å². The summed E-state index contributed by atoms with van der Waals surface area (Å²) in [6.45, 7) is 4.49. The third kappa shape index (κ3) is 3.61. The van der Waals surface area contributed by atoms with E-state index in [0.717, 1.165) is 35.5 Å². The molecule has 0 saturated heterocycles. The van der Waals surface area contributed by atoms with Gasteiger partial charge in [-0.25, -0.2) is 0 Å². The number of rotatable bonds is 6. The molecule has 0 spiro atoms. The average Bonchev–Trinajstić information content (AvgIpc) is 2.94. The van der Waals surface area contributed by atoms with Crippen molar-refractivity contribution in [3.05, 3.63) is 29.3 Å². The fourth-order valence-electron chi connectivity index (χ4n) is 1.93. The van der Waals surface area contributed by atoms with Crippen LogP contribution < -0.4 is 9.47 Å². The SMILES string of the molecule is CC/C(C=NC(CC)CO)=C\c1ccc2c(c1)OCO2. The van der Waals surface area contributed by atoms with Crippen LogP contribution in [0.5, 0.6) is 11.5 Å². The van der Waals surface area contributed by atoms with Gasteiger partial charge in [-0.3, -0.25) is 4.99 Å². The van der Waals surface area contributed by atoms with E-state index in [1.54, 1.807) is 0 Å². The Morgan fingerprint density at radius 3 is 2.85 bits per heavy atom. The van der Waals surface area contributed by atoms with Gasteiger partial charge in [-0.15, -0.1) is 0 Å². The number of hydrogen-bond donors (Lipinski definition) is 1. The Balaban J connectivity index is 2.14. The predicted octanol–water partition coefficient (Wildman–Crippen LogP) is 3.05. The van der Waals surface area contributed by atoms with E-state index >= 15 is 0 Å². The van der Waals surface area contributed by atoms with Gasteiger partial charge in [0, 0.05) is 6.21 Å². The van der Waals surface area contributed by atoms with Gasteiger partial charge in [-0.2, -0.15) is 0 Å². The van der Waals surface area contributed by atoms with Crippen LogP contribution in [0, 0.1) is 0 Å². The lowest BCUT2D eigenvalue weighted by Crippen LogP contribution is -2.08. The number of benzene rings is 1. The molecule has 4 heteroatoms. The summed E-state index contributed by atoms with van der Waals surface area (Å²) < 4.78 is 10.7. The number of aliphatic hydroxyl groups excluding tert-OH is 1. The Morgan fingerprint density at radius 2 is 2.15 bits per heavy atom. The fourth-order valence-corrected chi connectivity index (χ4v) is 1.93. The Bertz CT molecular complexity index is 504. The Hall–Kier alpha value is -1.81. The van der Waals surface area contributed by atoms with Gasteiger partial charge in [0.25, 0.3) is 0 Å². The molecule has 0 fully saturated rings. The highest BCUT2D eigenvalue weighted by Gasteiger charge is 2.12. The van der Waals surface area contributed by atoms with Crippen LogP contribution >= 0.6 is 0 Å². The molecule has 0 radical (unpaired) electrons. The van der Waals surface area contributed by atoms with E-state index in [1.165, 1.54) is 0 Å². The van der Waals surface area contributed by atoms with Crippen molar-refractivity contribution in [3.8, 4) is 11.5 Å². The molecule has 0 aromatic heterocycles. The van der Waals surface area contributed by atoms with Crippen molar-refractivity contribution in [1.82, 2.24) is 0 Å². The topological polar surface area (TPSA) is 51.1 Å². The second-order valence-corrected chi connectivity index (χ2v) is 4.71. The maximum absolute atomic E-state index is 9.14. The molecule has 108 valence electrons. The molecule has 0 saturated carbocycles. The molecule has 1 unspecified atom stereocenters. The van der Waals surface area contributed by atoms with Crippen molar-refractivity contribution in [2.24, 2.45) is 4.99 Å². The first kappa shape index (κ1) is 14.6. The molecule has 1 heterocycles. The standard InChI is InChI=1S/C16H21NO3/c1-3-12(9-17-14(4-2)10-18)7-13-5-6-15-16(8-13)20-11-19-15/h5-9,14,18H,3-4,10-11H2,1-2H3/b12-7+,17-9?. The molecule has 1 atom stereocenters. The van der Waals surface area contributed by atoms with Crippen LogP contribution in [-0.2, 0) is 0 Å². The lowest BCUT2D eigenvalue weighted by Gasteiger charge is -2.05. The molecule has 20 heavy (non-hydrogen) atoms. The van der Waals surface area contributed by atoms with E-state index in [0.29, 0.717) is 6.79 Å². The van der Waals surface area contributed by atoms with Gasteiger partial charge in [-0.05, 0) is 36.1 Å². The Labute approximate surface area is 119 Å². The average molecular weight is 275 g/mol. The van der Waals surface area contributed by atoms with E-state index < -0.39 is 0 Å². The maximum Gasteiger partial charge on any atom is 0.231 e. The van der Waals surface area contributed by atoms with Gasteiger partial charge in [-0.1, -0.05) is 26.0 Å². The number of allylic oxidation sites excluding steroid dienone is 1. The minimum absolute atomic E-state index is 0.0123. The quantitative estimate of drug-likeness (QED) is 0.812. The zero-order valence-electron chi connectivity index (χ0n) is 12.0. The number of nitrogens with zero attached hydrogens (tertiary/aromatic N) is 1. The predicted molar refractivity (Wildman–Crippen MR) is 80.5 cm³/mol. The van der Waals surface area contributed by atoms with Gasteiger partial charge in [0.1, 0.15) is 0 Å². The molecule has 4 nitrogen and oxygen atoms in total. The highest BCUT2D eigenvalue weighted by molar-refractivity contribution is 5.85. The molecule has 0 bridgehead atoms. The lowest BCUT2D eigenvalue weighted by atomic mass is 10.1. The number of ether oxygens (including phenoxy) is 2. The highest BCUT2D eigenvalue weighted by atomic mass is 16.7. The molecule has 0 amide bonds. The summed E-state index contributed by atoms with van der Waals surface area (Å²) in [7, 11) is 0. The number of aliphatic hydroxyl groups is 1. The Morgan fingerprint density at radius 1 is 1.35 bits per heavy atom. The highest BCUT2D eigenvalue weighted by Crippen LogP contribution is 2.33. The summed E-state index contributed by atoms with van der Waals surface area (Å²) in [5.74, 6) is 1.58. The fraction of sp³-hybridized carbons (Fsp3) is 0.438.